The van der Waals surface area contributed by atoms with Crippen molar-refractivity contribution in [1.82, 2.24) is 4.90 Å². The molecule has 0 bridgehead atoms. The Labute approximate surface area is 112 Å². The molecule has 0 atom stereocenters. The second kappa shape index (κ2) is 6.66. The van der Waals surface area contributed by atoms with Gasteiger partial charge in [-0.2, -0.15) is 4.91 Å². The van der Waals surface area contributed by atoms with Crippen LogP contribution in [0.1, 0.15) is 18.4 Å². The van der Waals surface area contributed by atoms with Crippen LogP contribution in [0.15, 0.2) is 46.1 Å². The highest BCUT2D eigenvalue weighted by Gasteiger charge is 2.15. The molecule has 96 valence electrons. The van der Waals surface area contributed by atoms with E-state index in [4.69, 9.17) is 11.6 Å². The quantitative estimate of drug-likeness (QED) is 0.779. The SMILES string of the molecule is O=NCC1=C(Cl)CCN(Cc2ccccc2)CC1. The van der Waals surface area contributed by atoms with Crippen molar-refractivity contribution >= 4 is 11.6 Å². The van der Waals surface area contributed by atoms with Gasteiger partial charge in [-0.05, 0) is 24.0 Å². The zero-order valence-electron chi connectivity index (χ0n) is 10.3. The van der Waals surface area contributed by atoms with Gasteiger partial charge in [0.2, 0.25) is 0 Å². The smallest absolute Gasteiger partial charge is 0.104 e. The van der Waals surface area contributed by atoms with Crippen molar-refractivity contribution in [2.45, 2.75) is 19.4 Å². The minimum absolute atomic E-state index is 0.234. The van der Waals surface area contributed by atoms with Crippen LogP contribution in [0.2, 0.25) is 0 Å². The molecular formula is C14H17ClN2O. The second-order valence-electron chi connectivity index (χ2n) is 4.56. The van der Waals surface area contributed by atoms with E-state index in [9.17, 15) is 4.91 Å². The number of hydrogen-bond acceptors (Lipinski definition) is 3. The third kappa shape index (κ3) is 3.65. The van der Waals surface area contributed by atoms with Crippen molar-refractivity contribution in [3.63, 3.8) is 0 Å². The van der Waals surface area contributed by atoms with Crippen LogP contribution in [0.25, 0.3) is 0 Å². The van der Waals surface area contributed by atoms with Crippen LogP contribution in [0, 0.1) is 4.91 Å². The molecular weight excluding hydrogens is 248 g/mol. The molecule has 1 aromatic rings. The van der Waals surface area contributed by atoms with Crippen LogP contribution in [-0.2, 0) is 6.54 Å². The predicted molar refractivity (Wildman–Crippen MR) is 74.5 cm³/mol. The van der Waals surface area contributed by atoms with Gasteiger partial charge >= 0.3 is 0 Å². The lowest BCUT2D eigenvalue weighted by molar-refractivity contribution is 0.279. The highest BCUT2D eigenvalue weighted by molar-refractivity contribution is 6.30. The molecule has 0 N–H and O–H groups in total. The van der Waals surface area contributed by atoms with Crippen LogP contribution in [0.3, 0.4) is 0 Å². The molecule has 3 nitrogen and oxygen atoms in total. The van der Waals surface area contributed by atoms with Crippen molar-refractivity contribution in [3.05, 3.63) is 51.4 Å². The first-order valence-electron chi connectivity index (χ1n) is 6.21. The minimum atomic E-state index is 0.234. The fourth-order valence-electron chi connectivity index (χ4n) is 2.22. The molecule has 0 spiro atoms. The molecule has 0 unspecified atom stereocenters. The molecule has 1 aliphatic rings. The van der Waals surface area contributed by atoms with Gasteiger partial charge < -0.3 is 0 Å². The van der Waals surface area contributed by atoms with E-state index in [-0.39, 0.29) is 6.54 Å². The zero-order chi connectivity index (χ0) is 12.8. The van der Waals surface area contributed by atoms with Gasteiger partial charge in [0.15, 0.2) is 0 Å². The fraction of sp³-hybridized carbons (Fsp3) is 0.429. The summed E-state index contributed by atoms with van der Waals surface area (Å²) in [6, 6.07) is 10.4. The minimum Gasteiger partial charge on any atom is -0.298 e. The molecule has 0 amide bonds. The van der Waals surface area contributed by atoms with E-state index in [0.29, 0.717) is 0 Å². The van der Waals surface area contributed by atoms with E-state index >= 15 is 0 Å². The number of benzene rings is 1. The summed E-state index contributed by atoms with van der Waals surface area (Å²) in [6.07, 6.45) is 1.66. The van der Waals surface area contributed by atoms with E-state index in [1.54, 1.807) is 0 Å². The van der Waals surface area contributed by atoms with E-state index in [1.165, 1.54) is 5.56 Å². The van der Waals surface area contributed by atoms with Gasteiger partial charge in [0.1, 0.15) is 6.54 Å². The maximum Gasteiger partial charge on any atom is 0.104 e. The Hall–Kier alpha value is -1.19. The van der Waals surface area contributed by atoms with Crippen molar-refractivity contribution in [1.29, 1.82) is 0 Å². The van der Waals surface area contributed by atoms with Crippen LogP contribution in [-0.4, -0.2) is 24.5 Å². The van der Waals surface area contributed by atoms with Crippen LogP contribution in [0.4, 0.5) is 0 Å². The first-order valence-corrected chi connectivity index (χ1v) is 6.59. The summed E-state index contributed by atoms with van der Waals surface area (Å²) >= 11 is 6.19. The Morgan fingerprint density at radius 1 is 1.17 bits per heavy atom. The number of rotatable bonds is 4. The highest BCUT2D eigenvalue weighted by Crippen LogP contribution is 2.23. The van der Waals surface area contributed by atoms with Crippen LogP contribution < -0.4 is 0 Å². The summed E-state index contributed by atoms with van der Waals surface area (Å²) in [7, 11) is 0. The van der Waals surface area contributed by atoms with Crippen LogP contribution in [0.5, 0.6) is 0 Å². The molecule has 0 aliphatic carbocycles. The normalized spacial score (nSPS) is 17.6. The number of hydrogen-bond donors (Lipinski definition) is 0. The van der Waals surface area contributed by atoms with Crippen molar-refractivity contribution in [2.24, 2.45) is 5.18 Å². The maximum atomic E-state index is 10.3. The second-order valence-corrected chi connectivity index (χ2v) is 5.01. The maximum absolute atomic E-state index is 10.3. The fourth-order valence-corrected chi connectivity index (χ4v) is 2.45. The molecule has 1 aliphatic heterocycles. The topological polar surface area (TPSA) is 32.7 Å². The first kappa shape index (κ1) is 13.2. The third-order valence-corrected chi connectivity index (χ3v) is 3.72. The van der Waals surface area contributed by atoms with E-state index in [1.807, 2.05) is 6.07 Å². The molecule has 0 aromatic heterocycles. The standard InChI is InChI=1S/C14H17ClN2O/c15-14-7-9-17(8-6-13(14)10-16-18)11-12-4-2-1-3-5-12/h1-5H,6-11H2. The molecule has 0 fully saturated rings. The lowest BCUT2D eigenvalue weighted by atomic mass is 10.1. The summed E-state index contributed by atoms with van der Waals surface area (Å²) in [5, 5.41) is 3.77. The van der Waals surface area contributed by atoms with Gasteiger partial charge in [-0.25, -0.2) is 0 Å². The van der Waals surface area contributed by atoms with Crippen molar-refractivity contribution in [2.75, 3.05) is 19.6 Å². The molecule has 1 aromatic carbocycles. The predicted octanol–water partition coefficient (Wildman–Crippen LogP) is 3.54. The summed E-state index contributed by atoms with van der Waals surface area (Å²) in [5.74, 6) is 0. The Bertz CT molecular complexity index is 431. The third-order valence-electron chi connectivity index (χ3n) is 3.27. The lowest BCUT2D eigenvalue weighted by Gasteiger charge is -2.19. The van der Waals surface area contributed by atoms with E-state index in [0.717, 1.165) is 43.1 Å². The summed E-state index contributed by atoms with van der Waals surface area (Å²) < 4.78 is 0. The average Bonchev–Trinajstić information content (AvgIpc) is 2.56. The Morgan fingerprint density at radius 2 is 1.89 bits per heavy atom. The van der Waals surface area contributed by atoms with E-state index < -0.39 is 0 Å². The zero-order valence-corrected chi connectivity index (χ0v) is 11.1. The Morgan fingerprint density at radius 3 is 2.61 bits per heavy atom. The van der Waals surface area contributed by atoms with Crippen LogP contribution >= 0.6 is 11.6 Å². The Kier molecular flexibility index (Phi) is 4.90. The monoisotopic (exact) mass is 264 g/mol. The molecule has 0 saturated heterocycles. The summed E-state index contributed by atoms with van der Waals surface area (Å²) in [4.78, 5) is 12.7. The molecule has 0 radical (unpaired) electrons. The summed E-state index contributed by atoms with van der Waals surface area (Å²) in [5.41, 5.74) is 2.31. The molecule has 2 rings (SSSR count). The van der Waals surface area contributed by atoms with Gasteiger partial charge in [-0.15, -0.1) is 0 Å². The van der Waals surface area contributed by atoms with E-state index in [2.05, 4.69) is 34.3 Å². The van der Waals surface area contributed by atoms with Crippen molar-refractivity contribution in [3.8, 4) is 0 Å². The lowest BCUT2D eigenvalue weighted by Crippen LogP contribution is -2.24. The van der Waals surface area contributed by atoms with Gasteiger partial charge in [-0.1, -0.05) is 47.1 Å². The highest BCUT2D eigenvalue weighted by atomic mass is 35.5. The van der Waals surface area contributed by atoms with Gasteiger partial charge in [-0.3, -0.25) is 4.90 Å². The van der Waals surface area contributed by atoms with Gasteiger partial charge in [0, 0.05) is 24.7 Å². The van der Waals surface area contributed by atoms with Gasteiger partial charge in [0.05, 0.1) is 0 Å². The van der Waals surface area contributed by atoms with Gasteiger partial charge in [0.25, 0.3) is 0 Å². The number of halogens is 1. The van der Waals surface area contributed by atoms with Crippen molar-refractivity contribution < 1.29 is 0 Å². The number of nitrogens with zero attached hydrogens (tertiary/aromatic N) is 2. The molecule has 18 heavy (non-hydrogen) atoms. The molecule has 0 saturated carbocycles. The molecule has 1 heterocycles. The Balaban J connectivity index is 1.94. The average molecular weight is 265 g/mol. The largest absolute Gasteiger partial charge is 0.298 e. The first-order chi connectivity index (χ1) is 8.79. The number of nitroso groups, excluding NO2 is 1. The molecule has 4 heteroatoms. The summed E-state index contributed by atoms with van der Waals surface area (Å²) in [6.45, 7) is 3.05.